The van der Waals surface area contributed by atoms with Gasteiger partial charge in [-0.2, -0.15) is 0 Å². The van der Waals surface area contributed by atoms with Crippen LogP contribution in [0, 0.1) is 0 Å². The maximum Gasteiger partial charge on any atom is 0.313 e. The minimum absolute atomic E-state index is 0.196. The SMILES string of the molecule is CCc1ccc(NC(=O)C(=O)NC[C@H]2COC3(CCCCC3)O2)cc1. The Morgan fingerprint density at radius 1 is 1.12 bits per heavy atom. The lowest BCUT2D eigenvalue weighted by Gasteiger charge is -2.31. The van der Waals surface area contributed by atoms with Crippen molar-refractivity contribution in [2.45, 2.75) is 57.3 Å². The largest absolute Gasteiger partial charge is 0.347 e. The van der Waals surface area contributed by atoms with Gasteiger partial charge in [0, 0.05) is 25.1 Å². The molecule has 1 aliphatic heterocycles. The molecule has 0 aromatic heterocycles. The number of hydrogen-bond donors (Lipinski definition) is 2. The van der Waals surface area contributed by atoms with Crippen LogP contribution in [0.2, 0.25) is 0 Å². The van der Waals surface area contributed by atoms with Crippen molar-refractivity contribution in [3.8, 4) is 0 Å². The molecule has 1 spiro atoms. The Balaban J connectivity index is 1.43. The summed E-state index contributed by atoms with van der Waals surface area (Å²) >= 11 is 0. The van der Waals surface area contributed by atoms with Gasteiger partial charge in [-0.3, -0.25) is 9.59 Å². The van der Waals surface area contributed by atoms with Gasteiger partial charge in [-0.15, -0.1) is 0 Å². The summed E-state index contributed by atoms with van der Waals surface area (Å²) in [4.78, 5) is 23.9. The quantitative estimate of drug-likeness (QED) is 0.821. The third kappa shape index (κ3) is 4.58. The predicted octanol–water partition coefficient (Wildman–Crippen LogP) is 2.38. The lowest BCUT2D eigenvalue weighted by atomic mass is 9.94. The molecular formula is C19H26N2O4. The van der Waals surface area contributed by atoms with Crippen LogP contribution in [-0.2, 0) is 25.5 Å². The van der Waals surface area contributed by atoms with Crippen molar-refractivity contribution in [3.63, 3.8) is 0 Å². The zero-order valence-electron chi connectivity index (χ0n) is 14.7. The summed E-state index contributed by atoms with van der Waals surface area (Å²) in [5, 5.41) is 5.24. The number of aryl methyl sites for hydroxylation is 1. The first-order valence-electron chi connectivity index (χ1n) is 9.10. The van der Waals surface area contributed by atoms with Crippen molar-refractivity contribution in [3.05, 3.63) is 29.8 Å². The molecule has 25 heavy (non-hydrogen) atoms. The highest BCUT2D eigenvalue weighted by molar-refractivity contribution is 6.39. The molecule has 2 amide bonds. The second-order valence-corrected chi connectivity index (χ2v) is 6.74. The third-order valence-electron chi connectivity index (χ3n) is 4.85. The average Bonchev–Trinajstić information content (AvgIpc) is 3.03. The summed E-state index contributed by atoms with van der Waals surface area (Å²) in [5.41, 5.74) is 1.79. The molecule has 1 saturated heterocycles. The maximum atomic E-state index is 12.0. The molecule has 2 fully saturated rings. The number of anilines is 1. The monoisotopic (exact) mass is 346 g/mol. The fourth-order valence-corrected chi connectivity index (χ4v) is 3.37. The van der Waals surface area contributed by atoms with E-state index in [1.165, 1.54) is 12.0 Å². The smallest absolute Gasteiger partial charge is 0.313 e. The van der Waals surface area contributed by atoms with E-state index in [1.807, 2.05) is 12.1 Å². The lowest BCUT2D eigenvalue weighted by Crippen LogP contribution is -2.41. The van der Waals surface area contributed by atoms with Crippen LogP contribution in [0.25, 0.3) is 0 Å². The van der Waals surface area contributed by atoms with Gasteiger partial charge in [0.1, 0.15) is 6.10 Å². The van der Waals surface area contributed by atoms with Crippen LogP contribution in [0.3, 0.4) is 0 Å². The average molecular weight is 346 g/mol. The second kappa shape index (κ2) is 7.97. The lowest BCUT2D eigenvalue weighted by molar-refractivity contribution is -0.186. The van der Waals surface area contributed by atoms with E-state index in [2.05, 4.69) is 17.6 Å². The zero-order chi connectivity index (χ0) is 17.7. The van der Waals surface area contributed by atoms with E-state index in [0.717, 1.165) is 32.1 Å². The Morgan fingerprint density at radius 3 is 2.52 bits per heavy atom. The summed E-state index contributed by atoms with van der Waals surface area (Å²) < 4.78 is 11.8. The number of nitrogens with one attached hydrogen (secondary N) is 2. The number of rotatable bonds is 4. The molecule has 2 aliphatic rings. The first kappa shape index (κ1) is 17.9. The van der Waals surface area contributed by atoms with Crippen molar-refractivity contribution in [1.82, 2.24) is 5.32 Å². The second-order valence-electron chi connectivity index (χ2n) is 6.74. The van der Waals surface area contributed by atoms with Gasteiger partial charge in [0.05, 0.1) is 6.61 Å². The number of amides is 2. The Hall–Kier alpha value is -1.92. The minimum Gasteiger partial charge on any atom is -0.347 e. The van der Waals surface area contributed by atoms with Crippen LogP contribution in [-0.4, -0.2) is 36.9 Å². The van der Waals surface area contributed by atoms with E-state index in [9.17, 15) is 9.59 Å². The van der Waals surface area contributed by atoms with Crippen molar-refractivity contribution in [2.24, 2.45) is 0 Å². The van der Waals surface area contributed by atoms with Crippen LogP contribution < -0.4 is 10.6 Å². The normalized spacial score (nSPS) is 21.9. The Labute approximate surface area is 148 Å². The van der Waals surface area contributed by atoms with Crippen LogP contribution in [0.15, 0.2) is 24.3 Å². The van der Waals surface area contributed by atoms with Crippen LogP contribution in [0.5, 0.6) is 0 Å². The van der Waals surface area contributed by atoms with Gasteiger partial charge in [0.25, 0.3) is 0 Å². The predicted molar refractivity (Wildman–Crippen MR) is 94.1 cm³/mol. The highest BCUT2D eigenvalue weighted by atomic mass is 16.7. The molecular weight excluding hydrogens is 320 g/mol. The van der Waals surface area contributed by atoms with Gasteiger partial charge in [0.2, 0.25) is 0 Å². The van der Waals surface area contributed by atoms with Gasteiger partial charge in [-0.1, -0.05) is 25.5 Å². The number of carbonyl (C=O) groups is 2. The van der Waals surface area contributed by atoms with E-state index < -0.39 is 17.6 Å². The standard InChI is InChI=1S/C19H26N2O4/c1-2-14-6-8-15(9-7-14)21-18(23)17(22)20-12-16-13-24-19(25-16)10-4-3-5-11-19/h6-9,16H,2-5,10-13H2,1H3,(H,20,22)(H,21,23)/t16-/m0/s1. The summed E-state index contributed by atoms with van der Waals surface area (Å²) in [7, 11) is 0. The number of carbonyl (C=O) groups excluding carboxylic acids is 2. The first-order valence-corrected chi connectivity index (χ1v) is 9.10. The van der Waals surface area contributed by atoms with Gasteiger partial charge in [0.15, 0.2) is 5.79 Å². The topological polar surface area (TPSA) is 76.7 Å². The van der Waals surface area contributed by atoms with Gasteiger partial charge in [-0.05, 0) is 37.0 Å². The van der Waals surface area contributed by atoms with E-state index >= 15 is 0 Å². The molecule has 0 bridgehead atoms. The number of hydrogen-bond acceptors (Lipinski definition) is 4. The minimum atomic E-state index is -0.671. The van der Waals surface area contributed by atoms with Gasteiger partial charge < -0.3 is 20.1 Å². The molecule has 1 aromatic rings. The van der Waals surface area contributed by atoms with Crippen molar-refractivity contribution < 1.29 is 19.1 Å². The van der Waals surface area contributed by atoms with E-state index in [-0.39, 0.29) is 12.6 Å². The van der Waals surface area contributed by atoms with E-state index in [1.54, 1.807) is 12.1 Å². The molecule has 1 atom stereocenters. The Kier molecular flexibility index (Phi) is 5.71. The maximum absolute atomic E-state index is 12.0. The van der Waals surface area contributed by atoms with Gasteiger partial charge in [-0.25, -0.2) is 0 Å². The highest BCUT2D eigenvalue weighted by Crippen LogP contribution is 2.37. The molecule has 1 heterocycles. The summed E-state index contributed by atoms with van der Waals surface area (Å²) in [6.07, 6.45) is 5.99. The van der Waals surface area contributed by atoms with Gasteiger partial charge >= 0.3 is 11.8 Å². The summed E-state index contributed by atoms with van der Waals surface area (Å²) in [6.45, 7) is 2.80. The molecule has 136 valence electrons. The fraction of sp³-hybridized carbons (Fsp3) is 0.579. The number of benzene rings is 1. The van der Waals surface area contributed by atoms with Crippen molar-refractivity contribution >= 4 is 17.5 Å². The third-order valence-corrected chi connectivity index (χ3v) is 4.85. The van der Waals surface area contributed by atoms with E-state index in [4.69, 9.17) is 9.47 Å². The molecule has 3 rings (SSSR count). The van der Waals surface area contributed by atoms with E-state index in [0.29, 0.717) is 12.3 Å². The first-order chi connectivity index (χ1) is 12.1. The van der Waals surface area contributed by atoms with Crippen molar-refractivity contribution in [2.75, 3.05) is 18.5 Å². The highest BCUT2D eigenvalue weighted by Gasteiger charge is 2.42. The number of ether oxygens (including phenoxy) is 2. The molecule has 1 aliphatic carbocycles. The molecule has 2 N–H and O–H groups in total. The fourth-order valence-electron chi connectivity index (χ4n) is 3.37. The molecule has 1 aromatic carbocycles. The molecule has 6 nitrogen and oxygen atoms in total. The molecule has 6 heteroatoms. The molecule has 0 radical (unpaired) electrons. The summed E-state index contributed by atoms with van der Waals surface area (Å²) in [5.74, 6) is -1.79. The molecule has 0 unspecified atom stereocenters. The van der Waals surface area contributed by atoms with Crippen LogP contribution in [0.1, 0.15) is 44.6 Å². The Morgan fingerprint density at radius 2 is 1.84 bits per heavy atom. The zero-order valence-corrected chi connectivity index (χ0v) is 14.7. The Bertz CT molecular complexity index is 608. The summed E-state index contributed by atoms with van der Waals surface area (Å²) in [6, 6.07) is 7.46. The van der Waals surface area contributed by atoms with Crippen molar-refractivity contribution in [1.29, 1.82) is 0 Å². The van der Waals surface area contributed by atoms with Crippen LogP contribution >= 0.6 is 0 Å². The molecule has 1 saturated carbocycles. The van der Waals surface area contributed by atoms with Crippen LogP contribution in [0.4, 0.5) is 5.69 Å².